The van der Waals surface area contributed by atoms with Crippen LogP contribution in [0, 0.1) is 0 Å². The molecular formula is C20H19BrO5. The van der Waals surface area contributed by atoms with Crippen molar-refractivity contribution in [2.24, 2.45) is 0 Å². The van der Waals surface area contributed by atoms with Crippen LogP contribution in [0.2, 0.25) is 0 Å². The Morgan fingerprint density at radius 3 is 2.50 bits per heavy atom. The normalized spacial score (nSPS) is 10.7. The Kier molecular flexibility index (Phi) is 7.41. The first kappa shape index (κ1) is 19.7. The minimum Gasteiger partial charge on any atom is -0.496 e. The number of ether oxygens (including phenoxy) is 2. The molecule has 0 aliphatic heterocycles. The van der Waals surface area contributed by atoms with Gasteiger partial charge in [0.1, 0.15) is 11.5 Å². The lowest BCUT2D eigenvalue weighted by molar-refractivity contribution is -0.137. The molecule has 0 aromatic heterocycles. The summed E-state index contributed by atoms with van der Waals surface area (Å²) < 4.78 is 11.4. The molecule has 0 fully saturated rings. The first-order valence-corrected chi connectivity index (χ1v) is 8.79. The van der Waals surface area contributed by atoms with E-state index in [1.165, 1.54) is 6.08 Å². The first-order valence-electron chi connectivity index (χ1n) is 8.00. The van der Waals surface area contributed by atoms with Gasteiger partial charge in [-0.3, -0.25) is 9.59 Å². The third kappa shape index (κ3) is 6.04. The smallest absolute Gasteiger partial charge is 0.303 e. The number of carboxylic acids is 1. The number of allylic oxidation sites excluding steroid dienone is 1. The molecule has 0 saturated heterocycles. The number of carbonyl (C=O) groups excluding carboxylic acids is 1. The molecule has 0 unspecified atom stereocenters. The molecule has 136 valence electrons. The van der Waals surface area contributed by atoms with E-state index in [9.17, 15) is 9.59 Å². The van der Waals surface area contributed by atoms with E-state index in [4.69, 9.17) is 14.6 Å². The second kappa shape index (κ2) is 9.77. The van der Waals surface area contributed by atoms with Crippen LogP contribution in [0.1, 0.15) is 28.8 Å². The van der Waals surface area contributed by atoms with E-state index >= 15 is 0 Å². The number of methoxy groups -OCH3 is 1. The molecule has 0 aliphatic rings. The molecular weight excluding hydrogens is 400 g/mol. The highest BCUT2D eigenvalue weighted by Gasteiger charge is 2.04. The molecule has 0 bridgehead atoms. The van der Waals surface area contributed by atoms with E-state index in [0.29, 0.717) is 24.3 Å². The summed E-state index contributed by atoms with van der Waals surface area (Å²) in [4.78, 5) is 22.7. The topological polar surface area (TPSA) is 72.8 Å². The molecule has 26 heavy (non-hydrogen) atoms. The molecule has 2 rings (SSSR count). The number of hydrogen-bond donors (Lipinski definition) is 1. The molecule has 0 aliphatic carbocycles. The van der Waals surface area contributed by atoms with Gasteiger partial charge in [0, 0.05) is 12.0 Å². The van der Waals surface area contributed by atoms with Gasteiger partial charge in [0.25, 0.3) is 0 Å². The maximum absolute atomic E-state index is 12.2. The molecule has 0 spiro atoms. The lowest BCUT2D eigenvalue weighted by Gasteiger charge is -2.05. The van der Waals surface area contributed by atoms with Gasteiger partial charge < -0.3 is 14.6 Å². The summed E-state index contributed by atoms with van der Waals surface area (Å²) in [5.74, 6) is 0.377. The van der Waals surface area contributed by atoms with Crippen molar-refractivity contribution < 1.29 is 24.2 Å². The van der Waals surface area contributed by atoms with Crippen molar-refractivity contribution in [3.63, 3.8) is 0 Å². The Bertz CT molecular complexity index is 796. The van der Waals surface area contributed by atoms with Gasteiger partial charge in [-0.2, -0.15) is 0 Å². The van der Waals surface area contributed by atoms with Crippen molar-refractivity contribution in [1.82, 2.24) is 0 Å². The average Bonchev–Trinajstić information content (AvgIpc) is 2.63. The number of hydrogen-bond acceptors (Lipinski definition) is 4. The standard InChI is InChI=1S/C20H19BrO5/c1-25-19-11-5-14(13-17(19)21)4-10-18(22)15-6-8-16(9-7-15)26-12-2-3-20(23)24/h4-11,13H,2-3,12H2,1H3,(H,23,24)/b10-4+. The Morgan fingerprint density at radius 1 is 1.15 bits per heavy atom. The molecule has 5 nitrogen and oxygen atoms in total. The molecule has 2 aromatic carbocycles. The Morgan fingerprint density at radius 2 is 1.88 bits per heavy atom. The zero-order chi connectivity index (χ0) is 18.9. The van der Waals surface area contributed by atoms with Crippen molar-refractivity contribution in [2.75, 3.05) is 13.7 Å². The van der Waals surface area contributed by atoms with Crippen LogP contribution in [-0.4, -0.2) is 30.6 Å². The van der Waals surface area contributed by atoms with Crippen LogP contribution < -0.4 is 9.47 Å². The van der Waals surface area contributed by atoms with Gasteiger partial charge in [-0.1, -0.05) is 12.1 Å². The minimum atomic E-state index is -0.842. The van der Waals surface area contributed by atoms with Crippen LogP contribution in [0.3, 0.4) is 0 Å². The summed E-state index contributed by atoms with van der Waals surface area (Å²) in [6.45, 7) is 0.325. The van der Waals surface area contributed by atoms with Crippen LogP contribution in [0.5, 0.6) is 11.5 Å². The Hall–Kier alpha value is -2.60. The summed E-state index contributed by atoms with van der Waals surface area (Å²) in [6.07, 6.45) is 3.76. The Labute approximate surface area is 160 Å². The fraction of sp³-hybridized carbons (Fsp3) is 0.200. The summed E-state index contributed by atoms with van der Waals surface area (Å²) in [5, 5.41) is 8.57. The van der Waals surface area contributed by atoms with E-state index in [-0.39, 0.29) is 12.2 Å². The van der Waals surface area contributed by atoms with Crippen LogP contribution in [0.4, 0.5) is 0 Å². The SMILES string of the molecule is COc1ccc(/C=C/C(=O)c2ccc(OCCCC(=O)O)cc2)cc1Br. The average molecular weight is 419 g/mol. The maximum Gasteiger partial charge on any atom is 0.303 e. The number of benzene rings is 2. The van der Waals surface area contributed by atoms with Gasteiger partial charge in [0.2, 0.25) is 0 Å². The van der Waals surface area contributed by atoms with E-state index in [1.807, 2.05) is 18.2 Å². The lowest BCUT2D eigenvalue weighted by Crippen LogP contribution is -2.02. The largest absolute Gasteiger partial charge is 0.496 e. The van der Waals surface area contributed by atoms with E-state index in [1.54, 1.807) is 37.5 Å². The number of aliphatic carboxylic acids is 1. The first-order chi connectivity index (χ1) is 12.5. The molecule has 0 radical (unpaired) electrons. The van der Waals surface area contributed by atoms with Gasteiger partial charge in [-0.05, 0) is 70.4 Å². The number of halogens is 1. The second-order valence-electron chi connectivity index (χ2n) is 5.46. The highest BCUT2D eigenvalue weighted by Crippen LogP contribution is 2.26. The lowest BCUT2D eigenvalue weighted by atomic mass is 10.1. The maximum atomic E-state index is 12.2. The van der Waals surface area contributed by atoms with Crippen LogP contribution in [0.15, 0.2) is 53.0 Å². The van der Waals surface area contributed by atoms with Crippen LogP contribution in [-0.2, 0) is 4.79 Å². The highest BCUT2D eigenvalue weighted by atomic mass is 79.9. The molecule has 0 amide bonds. The van der Waals surface area contributed by atoms with Crippen LogP contribution in [0.25, 0.3) is 6.08 Å². The van der Waals surface area contributed by atoms with Crippen LogP contribution >= 0.6 is 15.9 Å². The zero-order valence-corrected chi connectivity index (χ0v) is 15.9. The van der Waals surface area contributed by atoms with Crippen molar-refractivity contribution in [3.8, 4) is 11.5 Å². The monoisotopic (exact) mass is 418 g/mol. The summed E-state index contributed by atoms with van der Waals surface area (Å²) in [7, 11) is 1.60. The number of carbonyl (C=O) groups is 2. The van der Waals surface area contributed by atoms with Gasteiger partial charge in [0.05, 0.1) is 18.2 Å². The predicted molar refractivity (Wildman–Crippen MR) is 103 cm³/mol. The number of rotatable bonds is 9. The number of carboxylic acid groups (broad SMARTS) is 1. The summed E-state index contributed by atoms with van der Waals surface area (Å²) >= 11 is 3.41. The molecule has 0 heterocycles. The van der Waals surface area contributed by atoms with E-state index in [2.05, 4.69) is 15.9 Å². The van der Waals surface area contributed by atoms with Gasteiger partial charge >= 0.3 is 5.97 Å². The fourth-order valence-electron chi connectivity index (χ4n) is 2.18. The third-order valence-corrected chi connectivity index (χ3v) is 4.17. The fourth-order valence-corrected chi connectivity index (χ4v) is 2.74. The Balaban J connectivity index is 1.92. The molecule has 2 aromatic rings. The van der Waals surface area contributed by atoms with Crippen molar-refractivity contribution >= 4 is 33.8 Å². The van der Waals surface area contributed by atoms with Gasteiger partial charge in [-0.25, -0.2) is 0 Å². The summed E-state index contributed by atoms with van der Waals surface area (Å²) in [6, 6.07) is 12.3. The zero-order valence-electron chi connectivity index (χ0n) is 14.3. The molecule has 0 saturated carbocycles. The minimum absolute atomic E-state index is 0.0723. The highest BCUT2D eigenvalue weighted by molar-refractivity contribution is 9.10. The summed E-state index contributed by atoms with van der Waals surface area (Å²) in [5.41, 5.74) is 1.43. The number of ketones is 1. The second-order valence-corrected chi connectivity index (χ2v) is 6.32. The third-order valence-electron chi connectivity index (χ3n) is 3.55. The van der Waals surface area contributed by atoms with Crippen molar-refractivity contribution in [3.05, 3.63) is 64.1 Å². The van der Waals surface area contributed by atoms with E-state index in [0.717, 1.165) is 15.8 Å². The van der Waals surface area contributed by atoms with Crippen molar-refractivity contribution in [1.29, 1.82) is 0 Å². The van der Waals surface area contributed by atoms with Gasteiger partial charge in [0.15, 0.2) is 5.78 Å². The molecule has 6 heteroatoms. The predicted octanol–water partition coefficient (Wildman–Crippen LogP) is 4.60. The van der Waals surface area contributed by atoms with E-state index < -0.39 is 5.97 Å². The van der Waals surface area contributed by atoms with Gasteiger partial charge in [-0.15, -0.1) is 0 Å². The van der Waals surface area contributed by atoms with Crippen molar-refractivity contribution in [2.45, 2.75) is 12.8 Å². The quantitative estimate of drug-likeness (QED) is 0.366. The molecule has 0 atom stereocenters. The molecule has 1 N–H and O–H groups in total.